The van der Waals surface area contributed by atoms with Gasteiger partial charge in [0.15, 0.2) is 11.3 Å². The zero-order valence-corrected chi connectivity index (χ0v) is 11.0. The molecule has 0 N–H and O–H groups in total. The Labute approximate surface area is 106 Å². The van der Waals surface area contributed by atoms with Crippen LogP contribution in [-0.4, -0.2) is 21.3 Å². The van der Waals surface area contributed by atoms with E-state index in [-0.39, 0.29) is 0 Å². The zero-order valence-electron chi connectivity index (χ0n) is 11.0. The number of ether oxygens (including phenoxy) is 3. The van der Waals surface area contributed by atoms with Gasteiger partial charge in [-0.2, -0.15) is 0 Å². The van der Waals surface area contributed by atoms with Crippen molar-refractivity contribution in [3.05, 3.63) is 24.5 Å². The van der Waals surface area contributed by atoms with Gasteiger partial charge in [-0.25, -0.2) is 0 Å². The van der Waals surface area contributed by atoms with E-state index >= 15 is 0 Å². The number of methoxy groups -OCH3 is 3. The van der Waals surface area contributed by atoms with Crippen molar-refractivity contribution in [3.8, 4) is 17.2 Å². The molecule has 1 aromatic carbocycles. The van der Waals surface area contributed by atoms with Crippen LogP contribution in [0.3, 0.4) is 0 Å². The lowest BCUT2D eigenvalue weighted by Gasteiger charge is -2.11. The lowest BCUT2D eigenvalue weighted by atomic mass is 10.2. The minimum absolute atomic E-state index is 0.523. The third-order valence-corrected chi connectivity index (χ3v) is 2.73. The van der Waals surface area contributed by atoms with E-state index in [1.807, 2.05) is 19.1 Å². The van der Waals surface area contributed by atoms with Crippen molar-refractivity contribution in [2.45, 2.75) is 6.92 Å². The molecular formula is C14H16O4. The van der Waals surface area contributed by atoms with Crippen LogP contribution in [0.5, 0.6) is 17.2 Å². The Bertz CT molecular complexity index is 595. The second-order valence-electron chi connectivity index (χ2n) is 3.95. The maximum absolute atomic E-state index is 5.73. The monoisotopic (exact) mass is 248 g/mol. The summed E-state index contributed by atoms with van der Waals surface area (Å²) in [6.07, 6.45) is 0. The molecule has 0 saturated heterocycles. The van der Waals surface area contributed by atoms with Gasteiger partial charge in [0.2, 0.25) is 11.5 Å². The summed E-state index contributed by atoms with van der Waals surface area (Å²) in [7, 11) is 4.72. The van der Waals surface area contributed by atoms with E-state index in [0.717, 1.165) is 16.7 Å². The van der Waals surface area contributed by atoms with Crippen LogP contribution < -0.4 is 14.2 Å². The number of rotatable bonds is 4. The molecule has 0 aliphatic heterocycles. The van der Waals surface area contributed by atoms with Gasteiger partial charge in [0, 0.05) is 5.39 Å². The Kier molecular flexibility index (Phi) is 3.19. The van der Waals surface area contributed by atoms with Crippen LogP contribution in [0.1, 0.15) is 12.7 Å². The van der Waals surface area contributed by atoms with E-state index in [1.54, 1.807) is 21.3 Å². The van der Waals surface area contributed by atoms with E-state index in [4.69, 9.17) is 18.6 Å². The van der Waals surface area contributed by atoms with Gasteiger partial charge in [0.25, 0.3) is 0 Å². The molecule has 0 aliphatic carbocycles. The Morgan fingerprint density at radius 2 is 1.72 bits per heavy atom. The fourth-order valence-electron chi connectivity index (χ4n) is 1.85. The van der Waals surface area contributed by atoms with Crippen molar-refractivity contribution < 1.29 is 18.6 Å². The van der Waals surface area contributed by atoms with E-state index < -0.39 is 0 Å². The van der Waals surface area contributed by atoms with Gasteiger partial charge in [-0.15, -0.1) is 0 Å². The molecule has 0 radical (unpaired) electrons. The largest absolute Gasteiger partial charge is 0.493 e. The fraction of sp³-hybridized carbons (Fsp3) is 0.286. The molecule has 1 heterocycles. The Morgan fingerprint density at radius 1 is 1.06 bits per heavy atom. The first-order valence-corrected chi connectivity index (χ1v) is 5.50. The first-order chi connectivity index (χ1) is 8.62. The molecule has 0 spiro atoms. The Balaban J connectivity index is 2.79. The van der Waals surface area contributed by atoms with Crippen molar-refractivity contribution in [2.75, 3.05) is 21.3 Å². The van der Waals surface area contributed by atoms with E-state index in [2.05, 4.69) is 6.58 Å². The molecular weight excluding hydrogens is 232 g/mol. The molecule has 0 fully saturated rings. The van der Waals surface area contributed by atoms with Crippen molar-refractivity contribution in [2.24, 2.45) is 0 Å². The molecule has 2 rings (SSSR count). The van der Waals surface area contributed by atoms with Crippen LogP contribution in [0.15, 0.2) is 23.1 Å². The minimum atomic E-state index is 0.523. The summed E-state index contributed by atoms with van der Waals surface area (Å²) in [6.45, 7) is 5.75. The van der Waals surface area contributed by atoms with Crippen LogP contribution in [0, 0.1) is 0 Å². The minimum Gasteiger partial charge on any atom is -0.493 e. The zero-order chi connectivity index (χ0) is 13.3. The Hall–Kier alpha value is -2.10. The maximum atomic E-state index is 5.73. The first-order valence-electron chi connectivity index (χ1n) is 5.50. The molecule has 1 aromatic heterocycles. The standard InChI is InChI=1S/C14H16O4/c1-8(2)10-6-9-7-11(15-3)13(16-4)14(17-5)12(9)18-10/h6-7H,1H2,2-5H3. The number of hydrogen-bond donors (Lipinski definition) is 0. The lowest BCUT2D eigenvalue weighted by molar-refractivity contribution is 0.324. The SMILES string of the molecule is C=C(C)c1cc2cc(OC)c(OC)c(OC)c2o1. The third kappa shape index (κ3) is 1.79. The summed E-state index contributed by atoms with van der Waals surface area (Å²) in [6, 6.07) is 3.76. The average molecular weight is 248 g/mol. The molecule has 0 amide bonds. The van der Waals surface area contributed by atoms with Gasteiger partial charge < -0.3 is 18.6 Å². The number of fused-ring (bicyclic) bond motifs is 1. The second kappa shape index (κ2) is 4.64. The maximum Gasteiger partial charge on any atom is 0.208 e. The molecule has 96 valence electrons. The predicted octanol–water partition coefficient (Wildman–Crippen LogP) is 3.49. The third-order valence-electron chi connectivity index (χ3n) is 2.73. The highest BCUT2D eigenvalue weighted by Crippen LogP contribution is 2.44. The number of allylic oxidation sites excluding steroid dienone is 1. The molecule has 4 nitrogen and oxygen atoms in total. The molecule has 4 heteroatoms. The topological polar surface area (TPSA) is 40.8 Å². The van der Waals surface area contributed by atoms with Gasteiger partial charge in [0.1, 0.15) is 5.76 Å². The van der Waals surface area contributed by atoms with Crippen LogP contribution in [-0.2, 0) is 0 Å². The molecule has 0 unspecified atom stereocenters. The van der Waals surface area contributed by atoms with Gasteiger partial charge in [0.05, 0.1) is 21.3 Å². The average Bonchev–Trinajstić information content (AvgIpc) is 2.79. The lowest BCUT2D eigenvalue weighted by Crippen LogP contribution is -1.94. The van der Waals surface area contributed by atoms with E-state index in [9.17, 15) is 0 Å². The number of hydrogen-bond acceptors (Lipinski definition) is 4. The summed E-state index contributed by atoms with van der Waals surface area (Å²) in [5.74, 6) is 2.38. The second-order valence-corrected chi connectivity index (χ2v) is 3.95. The van der Waals surface area contributed by atoms with E-state index in [0.29, 0.717) is 22.8 Å². The molecule has 0 atom stereocenters. The van der Waals surface area contributed by atoms with Crippen molar-refractivity contribution in [1.29, 1.82) is 0 Å². The molecule has 0 aliphatic rings. The quantitative estimate of drug-likeness (QED) is 0.830. The van der Waals surface area contributed by atoms with Crippen molar-refractivity contribution >= 4 is 16.5 Å². The summed E-state index contributed by atoms with van der Waals surface area (Å²) >= 11 is 0. The smallest absolute Gasteiger partial charge is 0.208 e. The highest BCUT2D eigenvalue weighted by molar-refractivity contribution is 5.90. The first kappa shape index (κ1) is 12.4. The summed E-state index contributed by atoms with van der Waals surface area (Å²) in [5.41, 5.74) is 1.49. The van der Waals surface area contributed by atoms with Crippen molar-refractivity contribution in [3.63, 3.8) is 0 Å². The van der Waals surface area contributed by atoms with Gasteiger partial charge >= 0.3 is 0 Å². The molecule has 0 saturated carbocycles. The normalized spacial score (nSPS) is 10.4. The Morgan fingerprint density at radius 3 is 2.22 bits per heavy atom. The predicted molar refractivity (Wildman–Crippen MR) is 70.6 cm³/mol. The van der Waals surface area contributed by atoms with E-state index in [1.165, 1.54) is 0 Å². The van der Waals surface area contributed by atoms with Crippen LogP contribution in [0.2, 0.25) is 0 Å². The highest BCUT2D eigenvalue weighted by atomic mass is 16.5. The highest BCUT2D eigenvalue weighted by Gasteiger charge is 2.19. The van der Waals surface area contributed by atoms with Crippen LogP contribution in [0.4, 0.5) is 0 Å². The van der Waals surface area contributed by atoms with Gasteiger partial charge in [-0.05, 0) is 24.6 Å². The molecule has 2 aromatic rings. The number of benzene rings is 1. The summed E-state index contributed by atoms with van der Waals surface area (Å²) < 4.78 is 21.7. The molecule has 18 heavy (non-hydrogen) atoms. The van der Waals surface area contributed by atoms with Crippen LogP contribution >= 0.6 is 0 Å². The fourth-order valence-corrected chi connectivity index (χ4v) is 1.85. The van der Waals surface area contributed by atoms with Gasteiger partial charge in [-0.1, -0.05) is 6.58 Å². The molecule has 0 bridgehead atoms. The van der Waals surface area contributed by atoms with Crippen LogP contribution in [0.25, 0.3) is 16.5 Å². The number of furan rings is 1. The summed E-state index contributed by atoms with van der Waals surface area (Å²) in [4.78, 5) is 0. The summed E-state index contributed by atoms with van der Waals surface area (Å²) in [5, 5.41) is 0.891. The van der Waals surface area contributed by atoms with Gasteiger partial charge in [-0.3, -0.25) is 0 Å². The van der Waals surface area contributed by atoms with Crippen molar-refractivity contribution in [1.82, 2.24) is 0 Å².